The zero-order valence-electron chi connectivity index (χ0n) is 11.0. The highest BCUT2D eigenvalue weighted by Gasteiger charge is 2.23. The van der Waals surface area contributed by atoms with Crippen molar-refractivity contribution in [3.63, 3.8) is 0 Å². The second-order valence-corrected chi connectivity index (χ2v) is 4.71. The number of ether oxygens (including phenoxy) is 1. The van der Waals surface area contributed by atoms with Crippen LogP contribution in [0.15, 0.2) is 24.3 Å². The summed E-state index contributed by atoms with van der Waals surface area (Å²) in [5.74, 6) is -0.586. The molecule has 1 aliphatic heterocycles. The third kappa shape index (κ3) is 3.05. The average molecular weight is 262 g/mol. The number of carbonyl (C=O) groups is 2. The number of amides is 1. The van der Waals surface area contributed by atoms with Crippen LogP contribution in [0.1, 0.15) is 23.2 Å². The van der Waals surface area contributed by atoms with Crippen molar-refractivity contribution in [2.45, 2.75) is 12.8 Å². The fourth-order valence-electron chi connectivity index (χ4n) is 2.37. The Morgan fingerprint density at radius 3 is 2.58 bits per heavy atom. The monoisotopic (exact) mass is 262 g/mol. The van der Waals surface area contributed by atoms with Crippen molar-refractivity contribution in [1.82, 2.24) is 0 Å². The van der Waals surface area contributed by atoms with E-state index in [1.54, 1.807) is 6.07 Å². The molecular weight excluding hydrogens is 244 g/mol. The number of benzene rings is 1. The predicted octanol–water partition coefficient (Wildman–Crippen LogP) is 1.17. The van der Waals surface area contributed by atoms with E-state index in [0.717, 1.165) is 31.6 Å². The normalized spacial score (nSPS) is 16.2. The largest absolute Gasteiger partial charge is 0.465 e. The Labute approximate surface area is 112 Å². The van der Waals surface area contributed by atoms with Crippen LogP contribution in [0.25, 0.3) is 0 Å². The van der Waals surface area contributed by atoms with Crippen LogP contribution in [0.2, 0.25) is 0 Å². The quantitative estimate of drug-likeness (QED) is 0.830. The number of esters is 1. The first-order valence-electron chi connectivity index (χ1n) is 6.34. The van der Waals surface area contributed by atoms with Crippen molar-refractivity contribution in [3.05, 3.63) is 29.8 Å². The third-order valence-electron chi connectivity index (χ3n) is 3.53. The number of nitrogens with zero attached hydrogens (tertiary/aromatic N) is 1. The van der Waals surface area contributed by atoms with Gasteiger partial charge < -0.3 is 15.4 Å². The first kappa shape index (κ1) is 13.4. The van der Waals surface area contributed by atoms with Crippen LogP contribution in [0, 0.1) is 5.92 Å². The highest BCUT2D eigenvalue weighted by Crippen LogP contribution is 2.24. The van der Waals surface area contributed by atoms with E-state index < -0.39 is 0 Å². The molecule has 5 nitrogen and oxygen atoms in total. The minimum Gasteiger partial charge on any atom is -0.465 e. The molecule has 0 bridgehead atoms. The van der Waals surface area contributed by atoms with E-state index in [1.165, 1.54) is 7.11 Å². The first-order valence-corrected chi connectivity index (χ1v) is 6.34. The Kier molecular flexibility index (Phi) is 4.04. The van der Waals surface area contributed by atoms with Crippen LogP contribution in [-0.4, -0.2) is 32.1 Å². The lowest BCUT2D eigenvalue weighted by atomic mass is 9.96. The number of carbonyl (C=O) groups excluding carboxylic acids is 2. The van der Waals surface area contributed by atoms with E-state index in [1.807, 2.05) is 18.2 Å². The molecule has 19 heavy (non-hydrogen) atoms. The topological polar surface area (TPSA) is 72.6 Å². The Morgan fingerprint density at radius 1 is 1.32 bits per heavy atom. The first-order chi connectivity index (χ1) is 9.11. The highest BCUT2D eigenvalue weighted by molar-refractivity contribution is 5.90. The van der Waals surface area contributed by atoms with E-state index in [9.17, 15) is 9.59 Å². The summed E-state index contributed by atoms with van der Waals surface area (Å²) in [7, 11) is 1.37. The summed E-state index contributed by atoms with van der Waals surface area (Å²) in [6.07, 6.45) is 1.52. The van der Waals surface area contributed by atoms with E-state index >= 15 is 0 Å². The van der Waals surface area contributed by atoms with Crippen LogP contribution >= 0.6 is 0 Å². The number of nitrogens with two attached hydrogens (primary N) is 1. The van der Waals surface area contributed by atoms with Gasteiger partial charge in [0.1, 0.15) is 0 Å². The van der Waals surface area contributed by atoms with E-state index in [0.29, 0.717) is 5.56 Å². The lowest BCUT2D eigenvalue weighted by molar-refractivity contribution is -0.122. The fraction of sp³-hybridized carbons (Fsp3) is 0.429. The Balaban J connectivity index is 2.07. The molecule has 5 heteroatoms. The molecule has 1 aliphatic rings. The molecule has 1 aromatic carbocycles. The molecule has 0 radical (unpaired) electrons. The number of piperidine rings is 1. The molecule has 0 spiro atoms. The zero-order valence-corrected chi connectivity index (χ0v) is 11.0. The summed E-state index contributed by atoms with van der Waals surface area (Å²) in [6, 6.07) is 7.33. The minimum absolute atomic E-state index is 0.0277. The van der Waals surface area contributed by atoms with Crippen molar-refractivity contribution in [3.8, 4) is 0 Å². The van der Waals surface area contributed by atoms with Gasteiger partial charge in [0.25, 0.3) is 0 Å². The molecule has 102 valence electrons. The molecule has 0 atom stereocenters. The van der Waals surface area contributed by atoms with Gasteiger partial charge in [0.05, 0.1) is 12.7 Å². The number of rotatable bonds is 3. The molecular formula is C14H18N2O3. The summed E-state index contributed by atoms with van der Waals surface area (Å²) in [5, 5.41) is 0. The zero-order chi connectivity index (χ0) is 13.8. The third-order valence-corrected chi connectivity index (χ3v) is 3.53. The smallest absolute Gasteiger partial charge is 0.337 e. The number of hydrogen-bond donors (Lipinski definition) is 1. The number of primary amides is 1. The van der Waals surface area contributed by atoms with Gasteiger partial charge in [-0.25, -0.2) is 4.79 Å². The summed E-state index contributed by atoms with van der Waals surface area (Å²) >= 11 is 0. The van der Waals surface area contributed by atoms with Crippen molar-refractivity contribution in [1.29, 1.82) is 0 Å². The number of hydrogen-bond acceptors (Lipinski definition) is 4. The molecule has 0 saturated carbocycles. The number of anilines is 1. The molecule has 1 heterocycles. The molecule has 0 unspecified atom stereocenters. The molecule has 1 aromatic rings. The molecule has 1 amide bonds. The van der Waals surface area contributed by atoms with Crippen molar-refractivity contribution in [2.24, 2.45) is 11.7 Å². The van der Waals surface area contributed by atoms with Gasteiger partial charge in [-0.2, -0.15) is 0 Å². The lowest BCUT2D eigenvalue weighted by Crippen LogP contribution is -2.38. The van der Waals surface area contributed by atoms with Crippen LogP contribution in [0.3, 0.4) is 0 Å². The van der Waals surface area contributed by atoms with Gasteiger partial charge in [-0.1, -0.05) is 6.07 Å². The summed E-state index contributed by atoms with van der Waals surface area (Å²) in [4.78, 5) is 24.8. The van der Waals surface area contributed by atoms with Gasteiger partial charge in [0.2, 0.25) is 5.91 Å². The Morgan fingerprint density at radius 2 is 2.00 bits per heavy atom. The van der Waals surface area contributed by atoms with E-state index in [2.05, 4.69) is 4.90 Å². The minimum atomic E-state index is -0.339. The van der Waals surface area contributed by atoms with Crippen molar-refractivity contribution in [2.75, 3.05) is 25.1 Å². The van der Waals surface area contributed by atoms with Crippen LogP contribution in [0.4, 0.5) is 5.69 Å². The predicted molar refractivity (Wildman–Crippen MR) is 71.9 cm³/mol. The summed E-state index contributed by atoms with van der Waals surface area (Å²) in [5.41, 5.74) is 6.83. The van der Waals surface area contributed by atoms with Crippen molar-refractivity contribution >= 4 is 17.6 Å². The molecule has 2 N–H and O–H groups in total. The fourth-order valence-corrected chi connectivity index (χ4v) is 2.37. The van der Waals surface area contributed by atoms with Gasteiger partial charge in [-0.15, -0.1) is 0 Å². The summed E-state index contributed by atoms with van der Waals surface area (Å²) < 4.78 is 4.71. The highest BCUT2D eigenvalue weighted by atomic mass is 16.5. The molecule has 0 aromatic heterocycles. The van der Waals surface area contributed by atoms with E-state index in [4.69, 9.17) is 10.5 Å². The molecule has 1 fully saturated rings. The van der Waals surface area contributed by atoms with Gasteiger partial charge >= 0.3 is 5.97 Å². The standard InChI is InChI=1S/C14H18N2O3/c1-19-14(18)11-3-2-4-12(9-11)16-7-5-10(6-8-16)13(15)17/h2-4,9-10H,5-8H2,1H3,(H2,15,17). The second kappa shape index (κ2) is 5.73. The number of methoxy groups -OCH3 is 1. The van der Waals surface area contributed by atoms with Crippen LogP contribution < -0.4 is 10.6 Å². The molecule has 2 rings (SSSR count). The van der Waals surface area contributed by atoms with Gasteiger partial charge in [-0.3, -0.25) is 4.79 Å². The van der Waals surface area contributed by atoms with Gasteiger partial charge in [-0.05, 0) is 31.0 Å². The lowest BCUT2D eigenvalue weighted by Gasteiger charge is -2.32. The SMILES string of the molecule is COC(=O)c1cccc(N2CCC(C(N)=O)CC2)c1. The Bertz CT molecular complexity index is 479. The average Bonchev–Trinajstić information content (AvgIpc) is 2.46. The van der Waals surface area contributed by atoms with E-state index in [-0.39, 0.29) is 17.8 Å². The maximum atomic E-state index is 11.5. The molecule has 1 saturated heterocycles. The Hall–Kier alpha value is -2.04. The van der Waals surface area contributed by atoms with Crippen LogP contribution in [-0.2, 0) is 9.53 Å². The maximum absolute atomic E-state index is 11.5. The van der Waals surface area contributed by atoms with Gasteiger partial charge in [0, 0.05) is 24.7 Å². The maximum Gasteiger partial charge on any atom is 0.337 e. The van der Waals surface area contributed by atoms with Crippen molar-refractivity contribution < 1.29 is 14.3 Å². The van der Waals surface area contributed by atoms with Crippen LogP contribution in [0.5, 0.6) is 0 Å². The second-order valence-electron chi connectivity index (χ2n) is 4.71. The molecule has 0 aliphatic carbocycles. The van der Waals surface area contributed by atoms with Gasteiger partial charge in [0.15, 0.2) is 0 Å². The summed E-state index contributed by atoms with van der Waals surface area (Å²) in [6.45, 7) is 1.55.